The van der Waals surface area contributed by atoms with Gasteiger partial charge in [-0.05, 0) is 0 Å². The molecule has 0 bridgehead atoms. The molecule has 0 heterocycles. The molecule has 0 atom stereocenters. The van der Waals surface area contributed by atoms with Crippen molar-refractivity contribution in [2.75, 3.05) is 2.43 Å². The average molecular weight is 275 g/mol. The van der Waals surface area contributed by atoms with Crippen molar-refractivity contribution in [1.82, 2.24) is 0 Å². The van der Waals surface area contributed by atoms with Crippen LogP contribution in [0.2, 0.25) is 0 Å². The van der Waals surface area contributed by atoms with Crippen LogP contribution in [-0.4, -0.2) is 21.3 Å². The third kappa shape index (κ3) is 8.96. The minimum Gasteiger partial charge on any atom is -0.0748 e. The van der Waals surface area contributed by atoms with Gasteiger partial charge in [-0.25, -0.2) is 0 Å². The standard InChI is InChI=1S/CH2I2.Li/c2-1-3;/h1H2;. The summed E-state index contributed by atoms with van der Waals surface area (Å²) in [5.74, 6) is 0. The van der Waals surface area contributed by atoms with Gasteiger partial charge in [0.25, 0.3) is 0 Å². The Morgan fingerprint density at radius 1 is 1.25 bits per heavy atom. The molecule has 0 spiro atoms. The van der Waals surface area contributed by atoms with Crippen molar-refractivity contribution in [1.29, 1.82) is 0 Å². The van der Waals surface area contributed by atoms with Crippen LogP contribution in [0.15, 0.2) is 0 Å². The van der Waals surface area contributed by atoms with Crippen molar-refractivity contribution in [2.45, 2.75) is 0 Å². The summed E-state index contributed by atoms with van der Waals surface area (Å²) in [5, 5.41) is 0. The third-order valence-corrected chi connectivity index (χ3v) is 0. The predicted octanol–water partition coefficient (Wildman–Crippen LogP) is 1.43. The summed E-state index contributed by atoms with van der Waals surface area (Å²) in [6.07, 6.45) is 0. The number of hydrogen-bond donors (Lipinski definition) is 0. The maximum Gasteiger partial charge on any atom is 0.0516 e. The van der Waals surface area contributed by atoms with Gasteiger partial charge in [0.1, 0.15) is 0 Å². The van der Waals surface area contributed by atoms with E-state index >= 15 is 0 Å². The van der Waals surface area contributed by atoms with Gasteiger partial charge in [0.2, 0.25) is 0 Å². The summed E-state index contributed by atoms with van der Waals surface area (Å²) >= 11 is 4.55. The van der Waals surface area contributed by atoms with Gasteiger partial charge in [-0.15, -0.1) is 0 Å². The molecule has 0 N–H and O–H groups in total. The predicted molar refractivity (Wildman–Crippen MR) is 38.7 cm³/mol. The Balaban J connectivity index is 0. The number of halogens is 2. The summed E-state index contributed by atoms with van der Waals surface area (Å²) in [6.45, 7) is 0. The second kappa shape index (κ2) is 8.91. The largest absolute Gasteiger partial charge is 0.0748 e. The summed E-state index contributed by atoms with van der Waals surface area (Å²) in [7, 11) is 0. The molecule has 0 aliphatic heterocycles. The number of alkyl halides is 2. The molecule has 0 amide bonds. The first-order valence-electron chi connectivity index (χ1n) is 0.535. The van der Waals surface area contributed by atoms with E-state index < -0.39 is 0 Å². The van der Waals surface area contributed by atoms with E-state index in [0.717, 1.165) is 0 Å². The first kappa shape index (κ1) is 9.41. The van der Waals surface area contributed by atoms with Gasteiger partial charge in [-0.1, -0.05) is 45.2 Å². The second-order valence-electron chi connectivity index (χ2n) is 0.101. The first-order chi connectivity index (χ1) is 1.41. The molecule has 0 saturated carbocycles. The zero-order chi connectivity index (χ0) is 2.71. The Morgan fingerprint density at radius 3 is 1.25 bits per heavy atom. The molecule has 1 radical (unpaired) electrons. The van der Waals surface area contributed by atoms with Crippen molar-refractivity contribution < 1.29 is 0 Å². The third-order valence-electron chi connectivity index (χ3n) is 0. The zero-order valence-electron chi connectivity index (χ0n) is 2.46. The van der Waals surface area contributed by atoms with Crippen LogP contribution in [0.3, 0.4) is 0 Å². The van der Waals surface area contributed by atoms with E-state index in [1.807, 2.05) is 0 Å². The van der Waals surface area contributed by atoms with E-state index in [-0.39, 0.29) is 18.9 Å². The van der Waals surface area contributed by atoms with Crippen LogP contribution in [0.5, 0.6) is 0 Å². The Bertz CT molecular complexity index is 6.00. The van der Waals surface area contributed by atoms with Gasteiger partial charge < -0.3 is 0 Å². The van der Waals surface area contributed by atoms with E-state index in [1.54, 1.807) is 0 Å². The van der Waals surface area contributed by atoms with E-state index in [1.165, 1.54) is 2.43 Å². The zero-order valence-corrected chi connectivity index (χ0v) is 6.78. The van der Waals surface area contributed by atoms with Gasteiger partial charge in [-0.2, -0.15) is 0 Å². The fraction of sp³-hybridized carbons (Fsp3) is 1.00. The van der Waals surface area contributed by atoms with Crippen LogP contribution in [0, 0.1) is 0 Å². The second-order valence-corrected chi connectivity index (χ2v) is 4.55. The van der Waals surface area contributed by atoms with Crippen LogP contribution in [0.1, 0.15) is 0 Å². The van der Waals surface area contributed by atoms with Crippen molar-refractivity contribution in [3.05, 3.63) is 0 Å². The summed E-state index contributed by atoms with van der Waals surface area (Å²) in [5.41, 5.74) is 0. The molecule has 0 unspecified atom stereocenters. The van der Waals surface area contributed by atoms with E-state index in [2.05, 4.69) is 45.2 Å². The molecular formula is CH2I2Li. The van der Waals surface area contributed by atoms with Gasteiger partial charge in [0, 0.05) is 18.9 Å². The van der Waals surface area contributed by atoms with Gasteiger partial charge in [0.15, 0.2) is 0 Å². The fourth-order valence-corrected chi connectivity index (χ4v) is 0. The van der Waals surface area contributed by atoms with E-state index in [0.29, 0.717) is 0 Å². The molecule has 0 aromatic carbocycles. The fourth-order valence-electron chi connectivity index (χ4n) is 0. The molecule has 3 heteroatoms. The molecule has 0 saturated heterocycles. The number of rotatable bonds is 0. The van der Waals surface area contributed by atoms with Crippen molar-refractivity contribution in [3.63, 3.8) is 0 Å². The minimum atomic E-state index is 0. The van der Waals surface area contributed by atoms with Crippen LogP contribution in [0.4, 0.5) is 0 Å². The van der Waals surface area contributed by atoms with Crippen LogP contribution in [0.25, 0.3) is 0 Å². The maximum atomic E-state index is 2.28. The average Bonchev–Trinajstić information content (AvgIpc) is 0.918. The van der Waals surface area contributed by atoms with Gasteiger partial charge >= 0.3 is 0 Å². The van der Waals surface area contributed by atoms with E-state index in [9.17, 15) is 0 Å². The first-order valence-corrected chi connectivity index (χ1v) is 3.59. The van der Waals surface area contributed by atoms with Gasteiger partial charge in [0.05, 0.1) is 2.43 Å². The smallest absolute Gasteiger partial charge is 0.0516 e. The molecule has 0 fully saturated rings. The van der Waals surface area contributed by atoms with E-state index in [4.69, 9.17) is 0 Å². The molecule has 0 aromatic heterocycles. The number of hydrogen-bond acceptors (Lipinski definition) is 0. The Hall–Kier alpha value is 2.06. The maximum absolute atomic E-state index is 2.28. The van der Waals surface area contributed by atoms with Crippen LogP contribution >= 0.6 is 45.2 Å². The van der Waals surface area contributed by atoms with Crippen LogP contribution in [-0.2, 0) is 0 Å². The summed E-state index contributed by atoms with van der Waals surface area (Å²) < 4.78 is 1.19. The van der Waals surface area contributed by atoms with Crippen LogP contribution < -0.4 is 0 Å². The molecule has 4 heavy (non-hydrogen) atoms. The summed E-state index contributed by atoms with van der Waals surface area (Å²) in [4.78, 5) is 0. The Morgan fingerprint density at radius 2 is 1.25 bits per heavy atom. The Kier molecular flexibility index (Phi) is 21.0. The van der Waals surface area contributed by atoms with Crippen molar-refractivity contribution in [2.24, 2.45) is 0 Å². The quantitative estimate of drug-likeness (QED) is 0.356. The SMILES string of the molecule is ICI.[Li]. The van der Waals surface area contributed by atoms with Crippen molar-refractivity contribution in [3.8, 4) is 0 Å². The molecule has 0 aliphatic carbocycles. The molecular weight excluding hydrogens is 273 g/mol. The summed E-state index contributed by atoms with van der Waals surface area (Å²) in [6, 6.07) is 0. The normalized spacial score (nSPS) is 4.50. The molecule has 0 nitrogen and oxygen atoms in total. The monoisotopic (exact) mass is 275 g/mol. The topological polar surface area (TPSA) is 0 Å². The molecule has 0 aromatic rings. The molecule has 0 rings (SSSR count). The minimum absolute atomic E-state index is 0. The van der Waals surface area contributed by atoms with Gasteiger partial charge in [-0.3, -0.25) is 0 Å². The Labute approximate surface area is 65.6 Å². The molecule has 0 aliphatic rings. The van der Waals surface area contributed by atoms with Crippen molar-refractivity contribution >= 4 is 64.0 Å². The molecule has 21 valence electrons.